The van der Waals surface area contributed by atoms with Gasteiger partial charge in [-0.15, -0.1) is 0 Å². The molecule has 1 aliphatic rings. The number of hydrogen-bond donors (Lipinski definition) is 0. The maximum absolute atomic E-state index is 5.29. The van der Waals surface area contributed by atoms with Crippen LogP contribution >= 0.6 is 0 Å². The van der Waals surface area contributed by atoms with Gasteiger partial charge in [-0.2, -0.15) is 0 Å². The molecule has 0 unspecified atom stereocenters. The molecule has 0 spiro atoms. The maximum atomic E-state index is 5.29. The summed E-state index contributed by atoms with van der Waals surface area (Å²) in [5.41, 5.74) is 15.1. The van der Waals surface area contributed by atoms with Crippen molar-refractivity contribution in [2.75, 3.05) is 0 Å². The van der Waals surface area contributed by atoms with Crippen LogP contribution in [0.15, 0.2) is 182 Å². The molecule has 0 fully saturated rings. The first-order valence-corrected chi connectivity index (χ1v) is 18.3. The second kappa shape index (κ2) is 12.3. The van der Waals surface area contributed by atoms with Crippen molar-refractivity contribution in [1.82, 2.24) is 9.97 Å². The number of aromatic nitrogens is 2. The predicted octanol–water partition coefficient (Wildman–Crippen LogP) is 13.4. The van der Waals surface area contributed by atoms with E-state index in [4.69, 9.17) is 9.97 Å². The number of rotatable bonds is 5. The number of benzene rings is 8. The molecule has 1 heterocycles. The monoisotopic (exact) mass is 676 g/mol. The largest absolute Gasteiger partial charge is 0.228 e. The quantitative estimate of drug-likeness (QED) is 0.181. The van der Waals surface area contributed by atoms with Crippen LogP contribution in [0.5, 0.6) is 0 Å². The Morgan fingerprint density at radius 2 is 0.943 bits per heavy atom. The van der Waals surface area contributed by atoms with Crippen molar-refractivity contribution in [3.8, 4) is 67.3 Å². The van der Waals surface area contributed by atoms with Crippen LogP contribution in [0.25, 0.3) is 88.8 Å². The van der Waals surface area contributed by atoms with E-state index in [0.29, 0.717) is 5.82 Å². The zero-order chi connectivity index (χ0) is 35.5. The highest BCUT2D eigenvalue weighted by molar-refractivity contribution is 6.04. The molecule has 0 saturated carbocycles. The molecule has 1 aromatic heterocycles. The third kappa shape index (κ3) is 5.18. The summed E-state index contributed by atoms with van der Waals surface area (Å²) in [6.45, 7) is 4.71. The SMILES string of the molecule is CC1(C)c2cc3ccccc3cc2-c2c(-c3ccc(-c4cc(-c5c(-c6ccccc6)ccc6ccccc56)nc(-c5ccccc5)n4)cc3)cccc21. The van der Waals surface area contributed by atoms with E-state index in [9.17, 15) is 0 Å². The van der Waals surface area contributed by atoms with Gasteiger partial charge in [0.15, 0.2) is 5.82 Å². The molecule has 1 aliphatic carbocycles. The van der Waals surface area contributed by atoms with Crippen LogP contribution in [0.2, 0.25) is 0 Å². The summed E-state index contributed by atoms with van der Waals surface area (Å²) in [6.07, 6.45) is 0. The molecule has 9 aromatic rings. The minimum absolute atomic E-state index is 0.0872. The number of nitrogens with zero attached hydrogens (tertiary/aromatic N) is 2. The van der Waals surface area contributed by atoms with Gasteiger partial charge in [-0.05, 0) is 84.3 Å². The Balaban J connectivity index is 1.13. The van der Waals surface area contributed by atoms with Crippen LogP contribution in [0.3, 0.4) is 0 Å². The smallest absolute Gasteiger partial charge is 0.160 e. The Morgan fingerprint density at radius 3 is 1.70 bits per heavy atom. The lowest BCUT2D eigenvalue weighted by Crippen LogP contribution is -2.14. The van der Waals surface area contributed by atoms with Crippen molar-refractivity contribution in [3.05, 3.63) is 193 Å². The van der Waals surface area contributed by atoms with E-state index in [-0.39, 0.29) is 5.41 Å². The molecule has 0 aliphatic heterocycles. The van der Waals surface area contributed by atoms with Gasteiger partial charge in [0.1, 0.15) is 0 Å². The standard InChI is InChI=1S/C51H36N2/c1-51(2)44-23-13-22-40(48(44)43-30-38-19-9-10-20-39(38)31-45(43)51)35-24-26-36(27-25-35)46-32-47(53-50(52-46)37-17-7-4-8-18-37)49-41-21-12-11-16-34(41)28-29-42(49)33-14-5-3-6-15-33/h3-32H,1-2H3. The molecule has 0 N–H and O–H groups in total. The molecular formula is C51H36N2. The van der Waals surface area contributed by atoms with Crippen molar-refractivity contribution in [2.45, 2.75) is 19.3 Å². The minimum Gasteiger partial charge on any atom is -0.228 e. The van der Waals surface area contributed by atoms with E-state index in [2.05, 4.69) is 178 Å². The van der Waals surface area contributed by atoms with Gasteiger partial charge in [0.2, 0.25) is 0 Å². The molecule has 10 rings (SSSR count). The minimum atomic E-state index is -0.0872. The summed E-state index contributed by atoms with van der Waals surface area (Å²) in [7, 11) is 0. The van der Waals surface area contributed by atoms with Gasteiger partial charge in [0.25, 0.3) is 0 Å². The third-order valence-corrected chi connectivity index (χ3v) is 11.1. The average Bonchev–Trinajstić information content (AvgIpc) is 3.45. The zero-order valence-corrected chi connectivity index (χ0v) is 29.7. The fourth-order valence-electron chi connectivity index (χ4n) is 8.38. The summed E-state index contributed by atoms with van der Waals surface area (Å²) in [5.74, 6) is 0.709. The summed E-state index contributed by atoms with van der Waals surface area (Å²) in [4.78, 5) is 10.5. The lowest BCUT2D eigenvalue weighted by Gasteiger charge is -2.22. The van der Waals surface area contributed by atoms with Crippen LogP contribution in [-0.2, 0) is 5.41 Å². The van der Waals surface area contributed by atoms with Crippen molar-refractivity contribution in [2.24, 2.45) is 0 Å². The molecule has 2 nitrogen and oxygen atoms in total. The Bertz CT molecular complexity index is 2830. The fraction of sp³-hybridized carbons (Fsp3) is 0.0588. The molecular weight excluding hydrogens is 641 g/mol. The van der Waals surface area contributed by atoms with E-state index in [1.54, 1.807) is 0 Å². The molecule has 8 aromatic carbocycles. The van der Waals surface area contributed by atoms with Crippen molar-refractivity contribution < 1.29 is 0 Å². The number of hydrogen-bond acceptors (Lipinski definition) is 2. The van der Waals surface area contributed by atoms with E-state index in [0.717, 1.165) is 39.2 Å². The van der Waals surface area contributed by atoms with Crippen molar-refractivity contribution in [1.29, 1.82) is 0 Å². The summed E-state index contributed by atoms with van der Waals surface area (Å²) in [5, 5.41) is 4.91. The lowest BCUT2D eigenvalue weighted by molar-refractivity contribution is 0.661. The van der Waals surface area contributed by atoms with Gasteiger partial charge in [-0.1, -0.05) is 178 Å². The van der Waals surface area contributed by atoms with E-state index in [1.165, 1.54) is 54.9 Å². The zero-order valence-electron chi connectivity index (χ0n) is 29.7. The van der Waals surface area contributed by atoms with Gasteiger partial charge >= 0.3 is 0 Å². The van der Waals surface area contributed by atoms with Gasteiger partial charge in [0.05, 0.1) is 11.4 Å². The highest BCUT2D eigenvalue weighted by Crippen LogP contribution is 2.53. The first-order chi connectivity index (χ1) is 26.0. The van der Waals surface area contributed by atoms with Crippen LogP contribution in [0.4, 0.5) is 0 Å². The fourth-order valence-corrected chi connectivity index (χ4v) is 8.38. The van der Waals surface area contributed by atoms with Crippen LogP contribution in [-0.4, -0.2) is 9.97 Å². The number of fused-ring (bicyclic) bond motifs is 5. The summed E-state index contributed by atoms with van der Waals surface area (Å²) < 4.78 is 0. The van der Waals surface area contributed by atoms with Crippen LogP contribution in [0, 0.1) is 0 Å². The normalized spacial score (nSPS) is 12.9. The first kappa shape index (κ1) is 31.1. The van der Waals surface area contributed by atoms with Crippen LogP contribution in [0.1, 0.15) is 25.0 Å². The molecule has 0 amide bonds. The highest BCUT2D eigenvalue weighted by atomic mass is 14.9. The molecule has 250 valence electrons. The second-order valence-corrected chi connectivity index (χ2v) is 14.6. The molecule has 0 saturated heterocycles. The van der Waals surface area contributed by atoms with Crippen molar-refractivity contribution in [3.63, 3.8) is 0 Å². The Labute approximate surface area is 310 Å². The summed E-state index contributed by atoms with van der Waals surface area (Å²) >= 11 is 0. The Morgan fingerprint density at radius 1 is 0.358 bits per heavy atom. The van der Waals surface area contributed by atoms with Gasteiger partial charge in [-0.25, -0.2) is 9.97 Å². The van der Waals surface area contributed by atoms with Crippen molar-refractivity contribution >= 4 is 21.5 Å². The maximum Gasteiger partial charge on any atom is 0.160 e. The van der Waals surface area contributed by atoms with E-state index < -0.39 is 0 Å². The van der Waals surface area contributed by atoms with Gasteiger partial charge in [0, 0.05) is 22.1 Å². The van der Waals surface area contributed by atoms with E-state index in [1.807, 2.05) is 18.2 Å². The topological polar surface area (TPSA) is 25.8 Å². The molecule has 53 heavy (non-hydrogen) atoms. The highest BCUT2D eigenvalue weighted by Gasteiger charge is 2.37. The third-order valence-electron chi connectivity index (χ3n) is 11.1. The average molecular weight is 677 g/mol. The Kier molecular flexibility index (Phi) is 7.19. The summed E-state index contributed by atoms with van der Waals surface area (Å²) in [6, 6.07) is 65.4. The van der Waals surface area contributed by atoms with Gasteiger partial charge < -0.3 is 0 Å². The second-order valence-electron chi connectivity index (χ2n) is 14.6. The molecule has 0 radical (unpaired) electrons. The molecule has 0 bridgehead atoms. The predicted molar refractivity (Wildman–Crippen MR) is 222 cm³/mol. The van der Waals surface area contributed by atoms with Gasteiger partial charge in [-0.3, -0.25) is 0 Å². The first-order valence-electron chi connectivity index (χ1n) is 18.3. The van der Waals surface area contributed by atoms with E-state index >= 15 is 0 Å². The molecule has 2 heteroatoms. The lowest BCUT2D eigenvalue weighted by atomic mass is 9.81. The Hall–Kier alpha value is -6.64. The van der Waals surface area contributed by atoms with Crippen LogP contribution < -0.4 is 0 Å². The molecule has 0 atom stereocenters.